The number of carbonyl (C=O) groups is 2. The molecule has 2 rings (SSSR count). The smallest absolute Gasteiger partial charge is 0.335 e. The highest BCUT2D eigenvalue weighted by Crippen LogP contribution is 2.25. The highest BCUT2D eigenvalue weighted by Gasteiger charge is 2.19. The second-order valence-corrected chi connectivity index (χ2v) is 8.41. The summed E-state index contributed by atoms with van der Waals surface area (Å²) >= 11 is 0. The van der Waals surface area contributed by atoms with Crippen molar-refractivity contribution in [3.63, 3.8) is 0 Å². The first-order chi connectivity index (χ1) is 12.7. The average Bonchev–Trinajstić information content (AvgIpc) is 2.59. The molecule has 6 heteroatoms. The van der Waals surface area contributed by atoms with Crippen LogP contribution in [-0.4, -0.2) is 48.1 Å². The maximum Gasteiger partial charge on any atom is 0.335 e. The lowest BCUT2D eigenvalue weighted by Crippen LogP contribution is -2.38. The third kappa shape index (κ3) is 7.59. The minimum Gasteiger partial charge on any atom is -0.493 e. The van der Waals surface area contributed by atoms with Gasteiger partial charge in [-0.2, -0.15) is 0 Å². The van der Waals surface area contributed by atoms with Crippen LogP contribution in [0.3, 0.4) is 0 Å². The Bertz CT molecular complexity index is 652. The van der Waals surface area contributed by atoms with Crippen molar-refractivity contribution in [3.05, 3.63) is 29.3 Å². The van der Waals surface area contributed by atoms with E-state index in [1.165, 1.54) is 0 Å². The molecule has 0 spiro atoms. The first kappa shape index (κ1) is 21.2. The zero-order chi connectivity index (χ0) is 19.9. The van der Waals surface area contributed by atoms with Gasteiger partial charge in [0.05, 0.1) is 18.7 Å². The zero-order valence-electron chi connectivity index (χ0n) is 16.7. The predicted octanol–water partition coefficient (Wildman–Crippen LogP) is 3.30. The van der Waals surface area contributed by atoms with Gasteiger partial charge in [0, 0.05) is 18.7 Å². The summed E-state index contributed by atoms with van der Waals surface area (Å²) in [5.74, 6) is -0.323. The molecule has 2 N–H and O–H groups in total. The summed E-state index contributed by atoms with van der Waals surface area (Å²) in [6.07, 6.45) is 3.71. The first-order valence-electron chi connectivity index (χ1n) is 9.73. The van der Waals surface area contributed by atoms with E-state index >= 15 is 0 Å². The second-order valence-electron chi connectivity index (χ2n) is 8.41. The quantitative estimate of drug-likeness (QED) is 0.846. The Morgan fingerprint density at radius 3 is 2.70 bits per heavy atom. The lowest BCUT2D eigenvalue weighted by Gasteiger charge is -2.27. The molecule has 0 aliphatic carbocycles. The van der Waals surface area contributed by atoms with Crippen LogP contribution in [0, 0.1) is 5.41 Å². The number of fused-ring (bicyclic) bond motifs is 1. The van der Waals surface area contributed by atoms with E-state index in [4.69, 9.17) is 4.74 Å². The molecule has 0 saturated carbocycles. The van der Waals surface area contributed by atoms with Crippen LogP contribution in [0.2, 0.25) is 0 Å². The standard InChI is InChI=1S/C21H32N2O4/c1-21(2,3)9-11-23-14-17-8-7-16(20(25)26)13-18(17)27-12-6-4-5-10-22-19(24)15-23/h7-8,13H,4-6,9-12,14-15H2,1-3H3,(H,22,24)(H,25,26). The van der Waals surface area contributed by atoms with Crippen LogP contribution in [-0.2, 0) is 11.3 Å². The van der Waals surface area contributed by atoms with Crippen LogP contribution in [0.5, 0.6) is 5.75 Å². The monoisotopic (exact) mass is 376 g/mol. The largest absolute Gasteiger partial charge is 0.493 e. The fraction of sp³-hybridized carbons (Fsp3) is 0.619. The van der Waals surface area contributed by atoms with Gasteiger partial charge in [-0.1, -0.05) is 26.8 Å². The second kappa shape index (κ2) is 9.74. The molecule has 0 saturated heterocycles. The van der Waals surface area contributed by atoms with Crippen molar-refractivity contribution in [2.75, 3.05) is 26.2 Å². The molecule has 1 aromatic rings. The SMILES string of the molecule is CC(C)(C)CCN1CC(=O)NCCCCCOc2cc(C(=O)O)ccc2C1. The van der Waals surface area contributed by atoms with Crippen molar-refractivity contribution < 1.29 is 19.4 Å². The van der Waals surface area contributed by atoms with E-state index in [0.29, 0.717) is 32.0 Å². The van der Waals surface area contributed by atoms with Crippen LogP contribution < -0.4 is 10.1 Å². The molecular formula is C21H32N2O4. The number of ether oxygens (including phenoxy) is 1. The number of hydrogen-bond acceptors (Lipinski definition) is 4. The number of amides is 1. The minimum absolute atomic E-state index is 0.0350. The Kier molecular flexibility index (Phi) is 7.66. The minimum atomic E-state index is -0.965. The van der Waals surface area contributed by atoms with Gasteiger partial charge in [-0.3, -0.25) is 9.69 Å². The topological polar surface area (TPSA) is 78.9 Å². The molecule has 1 aromatic carbocycles. The number of carboxylic acid groups (broad SMARTS) is 1. The van der Waals surface area contributed by atoms with Gasteiger partial charge in [-0.05, 0) is 49.8 Å². The Labute approximate surface area is 161 Å². The Morgan fingerprint density at radius 1 is 1.22 bits per heavy atom. The van der Waals surface area contributed by atoms with Gasteiger partial charge < -0.3 is 15.2 Å². The summed E-state index contributed by atoms with van der Waals surface area (Å²) in [7, 11) is 0. The molecule has 0 radical (unpaired) electrons. The van der Waals surface area contributed by atoms with Crippen molar-refractivity contribution in [1.82, 2.24) is 10.2 Å². The maximum atomic E-state index is 12.3. The molecule has 150 valence electrons. The normalized spacial score (nSPS) is 17.5. The Morgan fingerprint density at radius 2 is 2.00 bits per heavy atom. The number of carboxylic acids is 1. The molecule has 0 aromatic heterocycles. The predicted molar refractivity (Wildman–Crippen MR) is 105 cm³/mol. The summed E-state index contributed by atoms with van der Waals surface area (Å²) in [5, 5.41) is 12.3. The van der Waals surface area contributed by atoms with E-state index in [0.717, 1.165) is 37.8 Å². The zero-order valence-corrected chi connectivity index (χ0v) is 16.7. The third-order valence-corrected chi connectivity index (χ3v) is 4.65. The molecule has 1 aliphatic rings. The summed E-state index contributed by atoms with van der Waals surface area (Å²) in [6.45, 7) is 9.46. The lowest BCUT2D eigenvalue weighted by atomic mass is 9.92. The molecule has 0 unspecified atom stereocenters. The van der Waals surface area contributed by atoms with Gasteiger partial charge >= 0.3 is 5.97 Å². The molecule has 1 aliphatic heterocycles. The summed E-state index contributed by atoms with van der Waals surface area (Å²) in [6, 6.07) is 5.00. The van der Waals surface area contributed by atoms with E-state index in [2.05, 4.69) is 31.0 Å². The van der Waals surface area contributed by atoms with Crippen molar-refractivity contribution in [3.8, 4) is 5.75 Å². The highest BCUT2D eigenvalue weighted by molar-refractivity contribution is 5.88. The van der Waals surface area contributed by atoms with Crippen molar-refractivity contribution >= 4 is 11.9 Å². The van der Waals surface area contributed by atoms with E-state index in [9.17, 15) is 14.7 Å². The van der Waals surface area contributed by atoms with Crippen molar-refractivity contribution in [2.24, 2.45) is 5.41 Å². The van der Waals surface area contributed by atoms with Gasteiger partial charge in [-0.25, -0.2) is 4.79 Å². The van der Waals surface area contributed by atoms with Gasteiger partial charge in [-0.15, -0.1) is 0 Å². The van der Waals surface area contributed by atoms with E-state index in [-0.39, 0.29) is 16.9 Å². The fourth-order valence-corrected chi connectivity index (χ4v) is 2.97. The number of nitrogens with zero attached hydrogens (tertiary/aromatic N) is 1. The summed E-state index contributed by atoms with van der Waals surface area (Å²) < 4.78 is 5.92. The van der Waals surface area contributed by atoms with Gasteiger partial charge in [0.15, 0.2) is 0 Å². The third-order valence-electron chi connectivity index (χ3n) is 4.65. The summed E-state index contributed by atoms with van der Waals surface area (Å²) in [5.41, 5.74) is 1.31. The molecular weight excluding hydrogens is 344 g/mol. The van der Waals surface area contributed by atoms with Crippen LogP contribution in [0.4, 0.5) is 0 Å². The highest BCUT2D eigenvalue weighted by atomic mass is 16.5. The lowest BCUT2D eigenvalue weighted by molar-refractivity contribution is -0.122. The molecule has 6 nitrogen and oxygen atoms in total. The average molecular weight is 376 g/mol. The fourth-order valence-electron chi connectivity index (χ4n) is 2.97. The number of carbonyl (C=O) groups excluding carboxylic acids is 1. The molecule has 1 amide bonds. The summed E-state index contributed by atoms with van der Waals surface area (Å²) in [4.78, 5) is 25.7. The molecule has 27 heavy (non-hydrogen) atoms. The number of nitrogens with one attached hydrogen (secondary N) is 1. The molecule has 0 bridgehead atoms. The first-order valence-corrected chi connectivity index (χ1v) is 9.73. The number of hydrogen-bond donors (Lipinski definition) is 2. The van der Waals surface area contributed by atoms with Crippen LogP contribution in [0.25, 0.3) is 0 Å². The Hall–Kier alpha value is -2.08. The number of aromatic carboxylic acids is 1. The number of benzene rings is 1. The van der Waals surface area contributed by atoms with Gasteiger partial charge in [0.1, 0.15) is 5.75 Å². The van der Waals surface area contributed by atoms with Crippen LogP contribution >= 0.6 is 0 Å². The number of rotatable bonds is 3. The molecule has 1 heterocycles. The molecule has 0 fully saturated rings. The molecule has 0 atom stereocenters. The maximum absolute atomic E-state index is 12.3. The van der Waals surface area contributed by atoms with Crippen LogP contribution in [0.1, 0.15) is 62.4 Å². The van der Waals surface area contributed by atoms with Crippen molar-refractivity contribution in [1.29, 1.82) is 0 Å². The van der Waals surface area contributed by atoms with Gasteiger partial charge in [0.25, 0.3) is 0 Å². The van der Waals surface area contributed by atoms with E-state index in [1.807, 2.05) is 0 Å². The van der Waals surface area contributed by atoms with Crippen molar-refractivity contribution in [2.45, 2.75) is 53.0 Å². The van der Waals surface area contributed by atoms with E-state index in [1.54, 1.807) is 18.2 Å². The van der Waals surface area contributed by atoms with Gasteiger partial charge in [0.2, 0.25) is 5.91 Å². The Balaban J connectivity index is 2.25. The van der Waals surface area contributed by atoms with Crippen LogP contribution in [0.15, 0.2) is 18.2 Å². The van der Waals surface area contributed by atoms with E-state index < -0.39 is 5.97 Å².